The molecule has 0 unspecified atom stereocenters. The van der Waals surface area contributed by atoms with Gasteiger partial charge in [-0.05, 0) is 34.7 Å². The van der Waals surface area contributed by atoms with Gasteiger partial charge in [-0.3, -0.25) is 9.59 Å². The Hall–Kier alpha value is -1.35. The summed E-state index contributed by atoms with van der Waals surface area (Å²) in [5.74, 6) is -0.292. The van der Waals surface area contributed by atoms with Crippen LogP contribution in [0.2, 0.25) is 0 Å². The Bertz CT molecular complexity index is 418. The van der Waals surface area contributed by atoms with Gasteiger partial charge >= 0.3 is 0 Å². The molecule has 0 aliphatic rings. The van der Waals surface area contributed by atoms with Crippen molar-refractivity contribution in [1.29, 1.82) is 0 Å². The van der Waals surface area contributed by atoms with E-state index in [0.717, 1.165) is 5.56 Å². The number of benzene rings is 1. The molecule has 0 aliphatic carbocycles. The molecule has 17 heavy (non-hydrogen) atoms. The highest BCUT2D eigenvalue weighted by Crippen LogP contribution is 2.22. The van der Waals surface area contributed by atoms with Crippen molar-refractivity contribution in [3.05, 3.63) is 35.4 Å². The number of rotatable bonds is 3. The van der Waals surface area contributed by atoms with E-state index < -0.39 is 5.24 Å². The van der Waals surface area contributed by atoms with Crippen LogP contribution in [-0.4, -0.2) is 17.7 Å². The van der Waals surface area contributed by atoms with Crippen molar-refractivity contribution in [2.75, 3.05) is 6.54 Å². The number of hydrogen-bond acceptors (Lipinski definition) is 2. The first-order valence-electron chi connectivity index (χ1n) is 5.38. The number of amides is 1. The monoisotopic (exact) mass is 253 g/mol. The van der Waals surface area contributed by atoms with E-state index in [9.17, 15) is 9.59 Å². The highest BCUT2D eigenvalue weighted by Gasteiger charge is 2.14. The largest absolute Gasteiger partial charge is 0.344 e. The molecule has 0 heterocycles. The summed E-state index contributed by atoms with van der Waals surface area (Å²) in [7, 11) is 0. The summed E-state index contributed by atoms with van der Waals surface area (Å²) in [6.45, 7) is 6.16. The molecule has 1 aromatic carbocycles. The van der Waals surface area contributed by atoms with Crippen LogP contribution in [0, 0.1) is 0 Å². The first kappa shape index (κ1) is 13.7. The molecule has 1 aromatic rings. The van der Waals surface area contributed by atoms with E-state index in [4.69, 9.17) is 11.6 Å². The minimum atomic E-state index is -0.579. The Morgan fingerprint density at radius 1 is 1.18 bits per heavy atom. The van der Waals surface area contributed by atoms with E-state index in [1.807, 2.05) is 12.1 Å². The lowest BCUT2D eigenvalue weighted by Crippen LogP contribution is -2.27. The van der Waals surface area contributed by atoms with Crippen LogP contribution in [-0.2, 0) is 10.2 Å². The van der Waals surface area contributed by atoms with Gasteiger partial charge in [0.1, 0.15) is 0 Å². The van der Waals surface area contributed by atoms with Gasteiger partial charge in [-0.15, -0.1) is 0 Å². The van der Waals surface area contributed by atoms with Crippen LogP contribution in [0.3, 0.4) is 0 Å². The van der Waals surface area contributed by atoms with Gasteiger partial charge in [0.15, 0.2) is 0 Å². The predicted octanol–water partition coefficient (Wildman–Crippen LogP) is 2.48. The summed E-state index contributed by atoms with van der Waals surface area (Å²) < 4.78 is 0. The quantitative estimate of drug-likeness (QED) is 0.842. The van der Waals surface area contributed by atoms with E-state index in [1.165, 1.54) is 0 Å². The SMILES string of the molecule is CC(C)(C)c1ccc(C(=O)NCC(=O)Cl)cc1. The Morgan fingerprint density at radius 3 is 2.12 bits per heavy atom. The van der Waals surface area contributed by atoms with Crippen LogP contribution in [0.15, 0.2) is 24.3 Å². The van der Waals surface area contributed by atoms with Crippen molar-refractivity contribution in [2.45, 2.75) is 26.2 Å². The fraction of sp³-hybridized carbons (Fsp3) is 0.385. The Labute approximate surface area is 106 Å². The lowest BCUT2D eigenvalue weighted by Gasteiger charge is -2.18. The fourth-order valence-corrected chi connectivity index (χ4v) is 1.44. The van der Waals surface area contributed by atoms with Crippen molar-refractivity contribution in [3.63, 3.8) is 0 Å². The van der Waals surface area contributed by atoms with Crippen LogP contribution in [0.5, 0.6) is 0 Å². The topological polar surface area (TPSA) is 46.2 Å². The molecule has 0 radical (unpaired) electrons. The average molecular weight is 254 g/mol. The zero-order valence-electron chi connectivity index (χ0n) is 10.2. The summed E-state index contributed by atoms with van der Waals surface area (Å²) in [6.07, 6.45) is 0. The molecule has 1 amide bonds. The van der Waals surface area contributed by atoms with Gasteiger partial charge in [-0.25, -0.2) is 0 Å². The van der Waals surface area contributed by atoms with E-state index in [-0.39, 0.29) is 17.9 Å². The molecule has 0 atom stereocenters. The fourth-order valence-electron chi connectivity index (χ4n) is 1.37. The maximum atomic E-state index is 11.6. The lowest BCUT2D eigenvalue weighted by atomic mass is 9.87. The minimum absolute atomic E-state index is 0.0567. The molecule has 4 heteroatoms. The number of carbonyl (C=O) groups is 2. The maximum Gasteiger partial charge on any atom is 0.251 e. The van der Waals surface area contributed by atoms with Crippen LogP contribution in [0.1, 0.15) is 36.7 Å². The maximum absolute atomic E-state index is 11.6. The van der Waals surface area contributed by atoms with Gasteiger partial charge in [0.05, 0.1) is 6.54 Å². The summed E-state index contributed by atoms with van der Waals surface area (Å²) in [6, 6.07) is 7.32. The molecule has 0 aliphatic heterocycles. The third-order valence-corrected chi connectivity index (χ3v) is 2.53. The third kappa shape index (κ3) is 4.19. The van der Waals surface area contributed by atoms with Gasteiger partial charge in [-0.1, -0.05) is 32.9 Å². The normalized spacial score (nSPS) is 11.1. The molecule has 3 nitrogen and oxygen atoms in total. The second kappa shape index (κ2) is 5.32. The molecule has 1 rings (SSSR count). The molecule has 0 fully saturated rings. The van der Waals surface area contributed by atoms with E-state index >= 15 is 0 Å². The molecule has 0 saturated carbocycles. The number of nitrogens with one attached hydrogen (secondary N) is 1. The van der Waals surface area contributed by atoms with Gasteiger partial charge in [0.2, 0.25) is 5.24 Å². The summed E-state index contributed by atoms with van der Waals surface area (Å²) >= 11 is 5.14. The summed E-state index contributed by atoms with van der Waals surface area (Å²) in [4.78, 5) is 22.1. The number of halogens is 1. The standard InChI is InChI=1S/C13H16ClNO2/c1-13(2,3)10-6-4-9(5-7-10)12(17)15-8-11(14)16/h4-7H,8H2,1-3H3,(H,15,17). The second-order valence-corrected chi connectivity index (χ2v) is 5.29. The van der Waals surface area contributed by atoms with Crippen LogP contribution < -0.4 is 5.32 Å². The van der Waals surface area contributed by atoms with E-state index in [2.05, 4.69) is 26.1 Å². The van der Waals surface area contributed by atoms with Crippen molar-refractivity contribution in [2.24, 2.45) is 0 Å². The first-order valence-corrected chi connectivity index (χ1v) is 5.75. The Kier molecular flexibility index (Phi) is 4.29. The molecular formula is C13H16ClNO2. The number of hydrogen-bond donors (Lipinski definition) is 1. The highest BCUT2D eigenvalue weighted by atomic mass is 35.5. The molecule has 0 aromatic heterocycles. The van der Waals surface area contributed by atoms with Crippen molar-refractivity contribution in [1.82, 2.24) is 5.32 Å². The van der Waals surface area contributed by atoms with Crippen LogP contribution in [0.4, 0.5) is 0 Å². The first-order chi connectivity index (χ1) is 7.80. The molecule has 1 N–H and O–H groups in total. The van der Waals surface area contributed by atoms with Crippen LogP contribution >= 0.6 is 11.6 Å². The second-order valence-electron chi connectivity index (χ2n) is 4.87. The lowest BCUT2D eigenvalue weighted by molar-refractivity contribution is -0.110. The smallest absolute Gasteiger partial charge is 0.251 e. The van der Waals surface area contributed by atoms with E-state index in [0.29, 0.717) is 5.56 Å². The van der Waals surface area contributed by atoms with Crippen molar-refractivity contribution >= 4 is 22.8 Å². The molecule has 92 valence electrons. The molecule has 0 saturated heterocycles. The highest BCUT2D eigenvalue weighted by molar-refractivity contribution is 6.64. The molecule has 0 spiro atoms. The van der Waals surface area contributed by atoms with Crippen LogP contribution in [0.25, 0.3) is 0 Å². The molecular weight excluding hydrogens is 238 g/mol. The van der Waals surface area contributed by atoms with Gasteiger partial charge < -0.3 is 5.32 Å². The third-order valence-electron chi connectivity index (χ3n) is 2.40. The number of carbonyl (C=O) groups excluding carboxylic acids is 2. The van der Waals surface area contributed by atoms with Crippen molar-refractivity contribution in [3.8, 4) is 0 Å². The Morgan fingerprint density at radius 2 is 1.71 bits per heavy atom. The predicted molar refractivity (Wildman–Crippen MR) is 68.3 cm³/mol. The minimum Gasteiger partial charge on any atom is -0.344 e. The van der Waals surface area contributed by atoms with Gasteiger partial charge in [0, 0.05) is 5.56 Å². The zero-order valence-corrected chi connectivity index (χ0v) is 11.0. The van der Waals surface area contributed by atoms with Gasteiger partial charge in [0.25, 0.3) is 5.91 Å². The average Bonchev–Trinajstić information content (AvgIpc) is 2.25. The van der Waals surface area contributed by atoms with Gasteiger partial charge in [-0.2, -0.15) is 0 Å². The molecule has 0 bridgehead atoms. The summed E-state index contributed by atoms with van der Waals surface area (Å²) in [5.41, 5.74) is 1.74. The summed E-state index contributed by atoms with van der Waals surface area (Å²) in [5, 5.41) is 1.86. The Balaban J connectivity index is 2.74. The zero-order chi connectivity index (χ0) is 13.1. The van der Waals surface area contributed by atoms with Crippen molar-refractivity contribution < 1.29 is 9.59 Å². The van der Waals surface area contributed by atoms with E-state index in [1.54, 1.807) is 12.1 Å².